The van der Waals surface area contributed by atoms with Crippen LogP contribution in [0.3, 0.4) is 0 Å². The third-order valence-corrected chi connectivity index (χ3v) is 4.01. The SMILES string of the molecule is Cc1cc(CNc2ccccc2N(C)C)c(C)s1. The summed E-state index contributed by atoms with van der Waals surface area (Å²) in [5.41, 5.74) is 3.80. The van der Waals surface area contributed by atoms with E-state index in [1.165, 1.54) is 26.7 Å². The van der Waals surface area contributed by atoms with Gasteiger partial charge in [-0.25, -0.2) is 0 Å². The number of benzene rings is 1. The van der Waals surface area contributed by atoms with E-state index < -0.39 is 0 Å². The molecule has 0 aliphatic rings. The van der Waals surface area contributed by atoms with Gasteiger partial charge in [-0.1, -0.05) is 12.1 Å². The molecule has 96 valence electrons. The lowest BCUT2D eigenvalue weighted by Gasteiger charge is -2.18. The fourth-order valence-corrected chi connectivity index (χ4v) is 3.01. The van der Waals surface area contributed by atoms with Crippen molar-refractivity contribution >= 4 is 22.7 Å². The minimum atomic E-state index is 0.890. The van der Waals surface area contributed by atoms with Crippen LogP contribution in [0.2, 0.25) is 0 Å². The van der Waals surface area contributed by atoms with Crippen LogP contribution in [-0.2, 0) is 6.54 Å². The van der Waals surface area contributed by atoms with E-state index in [-0.39, 0.29) is 0 Å². The summed E-state index contributed by atoms with van der Waals surface area (Å²) in [4.78, 5) is 4.92. The van der Waals surface area contributed by atoms with Crippen LogP contribution >= 0.6 is 11.3 Å². The van der Waals surface area contributed by atoms with Gasteiger partial charge >= 0.3 is 0 Å². The Bertz CT molecular complexity index is 529. The predicted molar refractivity (Wildman–Crippen MR) is 81.9 cm³/mol. The molecule has 2 rings (SSSR count). The third-order valence-electron chi connectivity index (χ3n) is 3.00. The van der Waals surface area contributed by atoms with Gasteiger partial charge in [0.25, 0.3) is 0 Å². The van der Waals surface area contributed by atoms with Crippen molar-refractivity contribution in [2.45, 2.75) is 20.4 Å². The standard InChI is InChI=1S/C15H20N2S/c1-11-9-13(12(2)18-11)10-16-14-7-5-6-8-15(14)17(3)4/h5-9,16H,10H2,1-4H3. The van der Waals surface area contributed by atoms with Gasteiger partial charge in [-0.2, -0.15) is 0 Å². The number of aryl methyl sites for hydroxylation is 2. The second-order valence-corrected chi connectivity index (χ2v) is 6.16. The zero-order chi connectivity index (χ0) is 13.1. The molecule has 0 radical (unpaired) electrons. The number of rotatable bonds is 4. The van der Waals surface area contributed by atoms with Crippen LogP contribution in [0.25, 0.3) is 0 Å². The zero-order valence-electron chi connectivity index (χ0n) is 11.4. The minimum Gasteiger partial charge on any atom is -0.379 e. The van der Waals surface area contributed by atoms with E-state index >= 15 is 0 Å². The second kappa shape index (κ2) is 5.44. The lowest BCUT2D eigenvalue weighted by Crippen LogP contribution is -2.12. The fourth-order valence-electron chi connectivity index (χ4n) is 2.06. The van der Waals surface area contributed by atoms with Crippen molar-refractivity contribution in [3.05, 3.63) is 45.6 Å². The van der Waals surface area contributed by atoms with E-state index in [4.69, 9.17) is 0 Å². The first kappa shape index (κ1) is 13.0. The Hall–Kier alpha value is -1.48. The highest BCUT2D eigenvalue weighted by molar-refractivity contribution is 7.12. The molecule has 18 heavy (non-hydrogen) atoms. The summed E-state index contributed by atoms with van der Waals surface area (Å²) >= 11 is 1.86. The van der Waals surface area contributed by atoms with Gasteiger partial charge in [0.1, 0.15) is 0 Å². The predicted octanol–water partition coefficient (Wildman–Crippen LogP) is 4.04. The minimum absolute atomic E-state index is 0.890. The van der Waals surface area contributed by atoms with Crippen molar-refractivity contribution < 1.29 is 0 Å². The molecule has 3 heteroatoms. The van der Waals surface area contributed by atoms with Gasteiger partial charge in [-0.15, -0.1) is 11.3 Å². The van der Waals surface area contributed by atoms with Crippen LogP contribution in [-0.4, -0.2) is 14.1 Å². The molecule has 2 aromatic rings. The highest BCUT2D eigenvalue weighted by Gasteiger charge is 2.05. The summed E-state index contributed by atoms with van der Waals surface area (Å²) in [6.07, 6.45) is 0. The summed E-state index contributed by atoms with van der Waals surface area (Å²) < 4.78 is 0. The average Bonchev–Trinajstić information content (AvgIpc) is 2.65. The normalized spacial score (nSPS) is 10.4. The maximum absolute atomic E-state index is 3.53. The summed E-state index contributed by atoms with van der Waals surface area (Å²) in [5, 5.41) is 3.53. The maximum Gasteiger partial charge on any atom is 0.0596 e. The molecule has 0 spiro atoms. The molecule has 1 aromatic carbocycles. The highest BCUT2D eigenvalue weighted by atomic mass is 32.1. The summed E-state index contributed by atoms with van der Waals surface area (Å²) in [7, 11) is 4.14. The second-order valence-electron chi connectivity index (χ2n) is 4.70. The molecule has 1 aromatic heterocycles. The largest absolute Gasteiger partial charge is 0.379 e. The van der Waals surface area contributed by atoms with E-state index in [2.05, 4.69) is 68.5 Å². The van der Waals surface area contributed by atoms with Crippen LogP contribution < -0.4 is 10.2 Å². The van der Waals surface area contributed by atoms with Gasteiger partial charge in [0.05, 0.1) is 11.4 Å². The highest BCUT2D eigenvalue weighted by Crippen LogP contribution is 2.26. The Labute approximate surface area is 113 Å². The number of hydrogen-bond donors (Lipinski definition) is 1. The Kier molecular flexibility index (Phi) is 3.92. The van der Waals surface area contributed by atoms with Gasteiger partial charge in [0, 0.05) is 30.4 Å². The lowest BCUT2D eigenvalue weighted by molar-refractivity contribution is 1.10. The van der Waals surface area contributed by atoms with Crippen LogP contribution in [0.5, 0.6) is 0 Å². The first-order chi connectivity index (χ1) is 8.58. The van der Waals surface area contributed by atoms with E-state index in [0.29, 0.717) is 0 Å². The summed E-state index contributed by atoms with van der Waals surface area (Å²) in [5.74, 6) is 0. The molecule has 0 bridgehead atoms. The topological polar surface area (TPSA) is 15.3 Å². The van der Waals surface area contributed by atoms with Gasteiger partial charge in [0.2, 0.25) is 0 Å². The number of nitrogens with zero attached hydrogens (tertiary/aromatic N) is 1. The first-order valence-electron chi connectivity index (χ1n) is 6.14. The van der Waals surface area contributed by atoms with Crippen molar-refractivity contribution in [1.82, 2.24) is 0 Å². The monoisotopic (exact) mass is 260 g/mol. The Morgan fingerprint density at radius 2 is 1.89 bits per heavy atom. The van der Waals surface area contributed by atoms with Gasteiger partial charge in [0.15, 0.2) is 0 Å². The van der Waals surface area contributed by atoms with Gasteiger partial charge in [-0.05, 0) is 37.6 Å². The van der Waals surface area contributed by atoms with Crippen molar-refractivity contribution in [2.75, 3.05) is 24.3 Å². The van der Waals surface area contributed by atoms with E-state index in [1.807, 2.05) is 11.3 Å². The first-order valence-corrected chi connectivity index (χ1v) is 6.95. The van der Waals surface area contributed by atoms with Crippen molar-refractivity contribution in [2.24, 2.45) is 0 Å². The number of thiophene rings is 1. The van der Waals surface area contributed by atoms with Crippen LogP contribution in [0.15, 0.2) is 30.3 Å². The lowest BCUT2D eigenvalue weighted by atomic mass is 10.2. The molecule has 0 aliphatic carbocycles. The van der Waals surface area contributed by atoms with Crippen LogP contribution in [0.1, 0.15) is 15.3 Å². The molecule has 0 atom stereocenters. The number of hydrogen-bond acceptors (Lipinski definition) is 3. The van der Waals surface area contributed by atoms with Gasteiger partial charge in [-0.3, -0.25) is 0 Å². The maximum atomic E-state index is 3.53. The van der Waals surface area contributed by atoms with Crippen molar-refractivity contribution in [3.8, 4) is 0 Å². The molecule has 0 amide bonds. The van der Waals surface area contributed by atoms with E-state index in [0.717, 1.165) is 6.54 Å². The molecule has 0 unspecified atom stereocenters. The smallest absolute Gasteiger partial charge is 0.0596 e. The molecule has 0 fully saturated rings. The quantitative estimate of drug-likeness (QED) is 0.892. The number of para-hydroxylation sites is 2. The zero-order valence-corrected chi connectivity index (χ0v) is 12.3. The van der Waals surface area contributed by atoms with E-state index in [1.54, 1.807) is 0 Å². The Morgan fingerprint density at radius 3 is 2.50 bits per heavy atom. The number of nitrogens with one attached hydrogen (secondary N) is 1. The third kappa shape index (κ3) is 2.85. The molecule has 1 N–H and O–H groups in total. The average molecular weight is 260 g/mol. The van der Waals surface area contributed by atoms with E-state index in [9.17, 15) is 0 Å². The molecule has 0 saturated carbocycles. The molecule has 1 heterocycles. The Balaban J connectivity index is 2.13. The molecule has 2 nitrogen and oxygen atoms in total. The summed E-state index contributed by atoms with van der Waals surface area (Å²) in [6.45, 7) is 5.24. The fraction of sp³-hybridized carbons (Fsp3) is 0.333. The molecule has 0 saturated heterocycles. The molecular formula is C15H20N2S. The van der Waals surface area contributed by atoms with Crippen LogP contribution in [0, 0.1) is 13.8 Å². The Morgan fingerprint density at radius 1 is 1.17 bits per heavy atom. The van der Waals surface area contributed by atoms with Crippen molar-refractivity contribution in [1.29, 1.82) is 0 Å². The van der Waals surface area contributed by atoms with Gasteiger partial charge < -0.3 is 10.2 Å². The van der Waals surface area contributed by atoms with Crippen molar-refractivity contribution in [3.63, 3.8) is 0 Å². The van der Waals surface area contributed by atoms with Crippen LogP contribution in [0.4, 0.5) is 11.4 Å². The molecule has 0 aliphatic heterocycles. The number of anilines is 2. The summed E-state index contributed by atoms with van der Waals surface area (Å²) in [6, 6.07) is 10.7. The molecular weight excluding hydrogens is 240 g/mol.